The summed E-state index contributed by atoms with van der Waals surface area (Å²) in [6.07, 6.45) is 0.902. The van der Waals surface area contributed by atoms with Gasteiger partial charge in [-0.2, -0.15) is 0 Å². The van der Waals surface area contributed by atoms with Crippen LogP contribution in [-0.2, 0) is 4.74 Å². The summed E-state index contributed by atoms with van der Waals surface area (Å²) < 4.78 is 32.7. The predicted octanol–water partition coefficient (Wildman–Crippen LogP) is 2.50. The molecule has 0 radical (unpaired) electrons. The van der Waals surface area contributed by atoms with Crippen molar-refractivity contribution in [2.24, 2.45) is 0 Å². The zero-order valence-corrected chi connectivity index (χ0v) is 11.7. The molecule has 0 aliphatic carbocycles. The minimum atomic E-state index is -1.14. The Bertz CT molecular complexity index is 414. The minimum absolute atomic E-state index is 0.237. The Morgan fingerprint density at radius 1 is 1.30 bits per heavy atom. The molecule has 1 unspecified atom stereocenters. The Labute approximate surface area is 118 Å². The number of nitrogens with zero attached hydrogens (tertiary/aromatic N) is 1. The van der Waals surface area contributed by atoms with Gasteiger partial charge in [0, 0.05) is 26.2 Å². The zero-order chi connectivity index (χ0) is 14.5. The average molecular weight is 285 g/mol. The van der Waals surface area contributed by atoms with Crippen molar-refractivity contribution < 1.29 is 18.6 Å². The summed E-state index contributed by atoms with van der Waals surface area (Å²) in [6, 6.07) is 3.64. The highest BCUT2D eigenvalue weighted by Gasteiger charge is 2.24. The number of aliphatic hydroxyl groups excluding tert-OH is 1. The van der Waals surface area contributed by atoms with E-state index in [0.717, 1.165) is 25.9 Å². The number of piperidine rings is 1. The van der Waals surface area contributed by atoms with E-state index >= 15 is 0 Å². The number of benzene rings is 1. The van der Waals surface area contributed by atoms with E-state index in [0.29, 0.717) is 6.61 Å². The number of hydrogen-bond acceptors (Lipinski definition) is 3. The molecule has 1 saturated heterocycles. The van der Waals surface area contributed by atoms with Crippen molar-refractivity contribution in [3.63, 3.8) is 0 Å². The molecule has 1 N–H and O–H groups in total. The molecule has 20 heavy (non-hydrogen) atoms. The molecule has 1 aliphatic heterocycles. The summed E-state index contributed by atoms with van der Waals surface area (Å²) in [7, 11) is 0. The lowest BCUT2D eigenvalue weighted by Gasteiger charge is -2.33. The van der Waals surface area contributed by atoms with Crippen LogP contribution in [0.5, 0.6) is 0 Å². The van der Waals surface area contributed by atoms with Crippen LogP contribution in [-0.4, -0.2) is 42.4 Å². The van der Waals surface area contributed by atoms with Crippen LogP contribution in [0.15, 0.2) is 18.2 Å². The predicted molar refractivity (Wildman–Crippen MR) is 72.4 cm³/mol. The number of hydrogen-bond donors (Lipinski definition) is 1. The number of rotatable bonds is 5. The van der Waals surface area contributed by atoms with Gasteiger partial charge in [-0.05, 0) is 31.9 Å². The Morgan fingerprint density at radius 2 is 1.90 bits per heavy atom. The van der Waals surface area contributed by atoms with Crippen LogP contribution in [0.2, 0.25) is 0 Å². The van der Waals surface area contributed by atoms with Gasteiger partial charge in [0.05, 0.1) is 17.8 Å². The number of β-amino-alcohol motifs (C(OH)–C–C–N with tert-alkyl or cyclic N) is 1. The van der Waals surface area contributed by atoms with E-state index in [-0.39, 0.29) is 18.2 Å². The van der Waals surface area contributed by atoms with Crippen LogP contribution in [0, 0.1) is 11.6 Å². The van der Waals surface area contributed by atoms with E-state index in [9.17, 15) is 13.9 Å². The highest BCUT2D eigenvalue weighted by molar-refractivity contribution is 5.22. The van der Waals surface area contributed by atoms with Crippen LogP contribution in [0.4, 0.5) is 8.78 Å². The fourth-order valence-electron chi connectivity index (χ4n) is 2.66. The summed E-state index contributed by atoms with van der Waals surface area (Å²) in [5, 5.41) is 10.1. The largest absolute Gasteiger partial charge is 0.387 e. The Morgan fingerprint density at radius 3 is 2.45 bits per heavy atom. The van der Waals surface area contributed by atoms with Gasteiger partial charge in [-0.15, -0.1) is 0 Å². The molecular weight excluding hydrogens is 264 g/mol. The molecule has 1 fully saturated rings. The van der Waals surface area contributed by atoms with Gasteiger partial charge in [-0.3, -0.25) is 0 Å². The van der Waals surface area contributed by atoms with E-state index in [1.807, 2.05) is 11.8 Å². The quantitative estimate of drug-likeness (QED) is 0.902. The third kappa shape index (κ3) is 3.75. The molecular formula is C15H21F2NO2. The number of aliphatic hydroxyl groups is 1. The van der Waals surface area contributed by atoms with Gasteiger partial charge in [0.2, 0.25) is 0 Å². The van der Waals surface area contributed by atoms with Crippen LogP contribution < -0.4 is 0 Å². The topological polar surface area (TPSA) is 32.7 Å². The van der Waals surface area contributed by atoms with E-state index in [4.69, 9.17) is 4.74 Å². The second kappa shape index (κ2) is 7.11. The minimum Gasteiger partial charge on any atom is -0.387 e. The summed E-state index contributed by atoms with van der Waals surface area (Å²) >= 11 is 0. The van der Waals surface area contributed by atoms with E-state index in [2.05, 4.69) is 0 Å². The van der Waals surface area contributed by atoms with Gasteiger partial charge in [0.1, 0.15) is 11.6 Å². The van der Waals surface area contributed by atoms with E-state index < -0.39 is 17.7 Å². The third-order valence-electron chi connectivity index (χ3n) is 3.70. The Kier molecular flexibility index (Phi) is 5.46. The summed E-state index contributed by atoms with van der Waals surface area (Å²) in [5.74, 6) is -1.39. The highest BCUT2D eigenvalue weighted by atomic mass is 19.1. The number of ether oxygens (including phenoxy) is 1. The number of halogens is 2. The van der Waals surface area contributed by atoms with Crippen molar-refractivity contribution in [1.82, 2.24) is 4.90 Å². The van der Waals surface area contributed by atoms with Gasteiger partial charge in [-0.25, -0.2) is 8.78 Å². The van der Waals surface area contributed by atoms with Crippen molar-refractivity contribution >= 4 is 0 Å². The average Bonchev–Trinajstić information content (AvgIpc) is 2.41. The molecule has 0 spiro atoms. The van der Waals surface area contributed by atoms with Gasteiger partial charge >= 0.3 is 0 Å². The van der Waals surface area contributed by atoms with Crippen molar-refractivity contribution in [3.05, 3.63) is 35.4 Å². The molecule has 1 aromatic carbocycles. The van der Waals surface area contributed by atoms with Crippen molar-refractivity contribution in [1.29, 1.82) is 0 Å². The van der Waals surface area contributed by atoms with Gasteiger partial charge in [-0.1, -0.05) is 6.07 Å². The molecule has 0 bridgehead atoms. The molecule has 5 heteroatoms. The van der Waals surface area contributed by atoms with E-state index in [1.54, 1.807) is 0 Å². The van der Waals surface area contributed by atoms with Crippen molar-refractivity contribution in [2.75, 3.05) is 26.2 Å². The molecule has 3 nitrogen and oxygen atoms in total. The molecule has 112 valence electrons. The molecule has 0 aromatic heterocycles. The molecule has 1 aromatic rings. The smallest absolute Gasteiger partial charge is 0.131 e. The first kappa shape index (κ1) is 15.4. The maximum atomic E-state index is 13.6. The summed E-state index contributed by atoms with van der Waals surface area (Å²) in [6.45, 7) is 4.47. The first-order valence-corrected chi connectivity index (χ1v) is 7.07. The SMILES string of the molecule is CCOC1CCN(CC(O)c2c(F)cccc2F)CC1. The normalized spacial score (nSPS) is 19.2. The van der Waals surface area contributed by atoms with Crippen molar-refractivity contribution in [3.8, 4) is 0 Å². The molecule has 2 rings (SSSR count). The molecule has 0 amide bonds. The lowest BCUT2D eigenvalue weighted by Crippen LogP contribution is -2.39. The highest BCUT2D eigenvalue weighted by Crippen LogP contribution is 2.23. The number of likely N-dealkylation sites (tertiary alicyclic amines) is 1. The van der Waals surface area contributed by atoms with Gasteiger partial charge < -0.3 is 14.7 Å². The third-order valence-corrected chi connectivity index (χ3v) is 3.70. The van der Waals surface area contributed by atoms with Gasteiger partial charge in [0.15, 0.2) is 0 Å². The molecule has 1 atom stereocenters. The maximum Gasteiger partial charge on any atom is 0.131 e. The molecule has 0 saturated carbocycles. The Hall–Kier alpha value is -1.04. The van der Waals surface area contributed by atoms with E-state index in [1.165, 1.54) is 18.2 Å². The van der Waals surface area contributed by atoms with Crippen LogP contribution >= 0.6 is 0 Å². The molecule has 1 heterocycles. The van der Waals surface area contributed by atoms with Gasteiger partial charge in [0.25, 0.3) is 0 Å². The monoisotopic (exact) mass is 285 g/mol. The first-order valence-electron chi connectivity index (χ1n) is 7.07. The maximum absolute atomic E-state index is 13.6. The summed E-state index contributed by atoms with van der Waals surface area (Å²) in [4.78, 5) is 2.02. The summed E-state index contributed by atoms with van der Waals surface area (Å²) in [5.41, 5.74) is -0.237. The second-order valence-corrected chi connectivity index (χ2v) is 5.11. The zero-order valence-electron chi connectivity index (χ0n) is 11.7. The fourth-order valence-corrected chi connectivity index (χ4v) is 2.66. The van der Waals surface area contributed by atoms with Crippen molar-refractivity contribution in [2.45, 2.75) is 32.0 Å². The van der Waals surface area contributed by atoms with Crippen LogP contribution in [0.25, 0.3) is 0 Å². The first-order chi connectivity index (χ1) is 9.61. The van der Waals surface area contributed by atoms with Crippen LogP contribution in [0.3, 0.4) is 0 Å². The molecule has 1 aliphatic rings. The van der Waals surface area contributed by atoms with Crippen LogP contribution in [0.1, 0.15) is 31.4 Å². The second-order valence-electron chi connectivity index (χ2n) is 5.11. The lowest BCUT2D eigenvalue weighted by atomic mass is 10.0. The Balaban J connectivity index is 1.91. The standard InChI is InChI=1S/C15H21F2NO2/c1-2-20-11-6-8-18(9-7-11)10-14(19)15-12(16)4-3-5-13(15)17/h3-5,11,14,19H,2,6-10H2,1H3. The fraction of sp³-hybridized carbons (Fsp3) is 0.600. The lowest BCUT2D eigenvalue weighted by molar-refractivity contribution is 0.00259.